The van der Waals surface area contributed by atoms with E-state index in [4.69, 9.17) is 14.9 Å². The molecule has 0 saturated heterocycles. The van der Waals surface area contributed by atoms with Crippen molar-refractivity contribution in [2.75, 3.05) is 7.11 Å². The first-order chi connectivity index (χ1) is 11.9. The highest BCUT2D eigenvalue weighted by atomic mass is 32.2. The smallest absolute Gasteiger partial charge is 0.318 e. The van der Waals surface area contributed by atoms with E-state index in [1.165, 1.54) is 0 Å². The average molecular weight is 364 g/mol. The summed E-state index contributed by atoms with van der Waals surface area (Å²) >= 11 is 1.10. The number of primary amides is 1. The number of amides is 3. The number of thioether (sulfide) groups is 1. The maximum atomic E-state index is 12.0. The molecule has 0 fully saturated rings. The van der Waals surface area contributed by atoms with E-state index in [-0.39, 0.29) is 11.1 Å². The van der Waals surface area contributed by atoms with Gasteiger partial charge in [0.25, 0.3) is 5.22 Å². The van der Waals surface area contributed by atoms with Crippen LogP contribution in [0.25, 0.3) is 0 Å². The van der Waals surface area contributed by atoms with Crippen LogP contribution in [0.5, 0.6) is 5.75 Å². The lowest BCUT2D eigenvalue weighted by atomic mass is 10.1. The molecule has 1 atom stereocenters. The van der Waals surface area contributed by atoms with Gasteiger partial charge in [-0.25, -0.2) is 4.79 Å². The Kier molecular flexibility index (Phi) is 6.40. The fourth-order valence-electron chi connectivity index (χ4n) is 2.07. The molecule has 1 heterocycles. The quantitative estimate of drug-likeness (QED) is 0.721. The van der Waals surface area contributed by atoms with Gasteiger partial charge in [0.15, 0.2) is 0 Å². The molecule has 1 aromatic heterocycles. The van der Waals surface area contributed by atoms with Gasteiger partial charge >= 0.3 is 6.03 Å². The molecule has 0 spiro atoms. The normalized spacial score (nSPS) is 12.0. The van der Waals surface area contributed by atoms with Gasteiger partial charge in [-0.3, -0.25) is 10.1 Å². The molecule has 0 aliphatic heterocycles. The third-order valence-corrected chi connectivity index (χ3v) is 4.68. The molecule has 9 heteroatoms. The number of nitrogens with two attached hydrogens (primary N) is 1. The van der Waals surface area contributed by atoms with Crippen molar-refractivity contribution in [1.82, 2.24) is 15.5 Å². The highest BCUT2D eigenvalue weighted by molar-refractivity contribution is 8.00. The number of carbonyl (C=O) groups is 2. The van der Waals surface area contributed by atoms with Crippen LogP contribution in [0, 0.1) is 5.92 Å². The molecule has 2 aromatic rings. The molecule has 8 nitrogen and oxygen atoms in total. The minimum atomic E-state index is -0.887. The van der Waals surface area contributed by atoms with Crippen LogP contribution < -0.4 is 15.8 Å². The molecule has 0 bridgehead atoms. The number of urea groups is 1. The number of nitrogens with zero attached hydrogens (tertiary/aromatic N) is 2. The Balaban J connectivity index is 2.03. The second-order valence-electron chi connectivity index (χ2n) is 5.62. The second-order valence-corrected chi connectivity index (χ2v) is 6.72. The zero-order chi connectivity index (χ0) is 18.4. The second kappa shape index (κ2) is 8.52. The lowest BCUT2D eigenvalue weighted by Gasteiger charge is -2.16. The highest BCUT2D eigenvalue weighted by Crippen LogP contribution is 2.28. The summed E-state index contributed by atoms with van der Waals surface area (Å²) in [5.41, 5.74) is 5.99. The number of carbonyl (C=O) groups excluding carboxylic acids is 2. The maximum absolute atomic E-state index is 12.0. The minimum absolute atomic E-state index is 0.0544. The molecule has 3 amide bonds. The van der Waals surface area contributed by atoms with Crippen molar-refractivity contribution in [3.63, 3.8) is 0 Å². The molecule has 3 N–H and O–H groups in total. The molecule has 25 heavy (non-hydrogen) atoms. The van der Waals surface area contributed by atoms with E-state index in [2.05, 4.69) is 15.5 Å². The fraction of sp³-hybridized carbons (Fsp3) is 0.375. The molecule has 0 saturated carbocycles. The van der Waals surface area contributed by atoms with Crippen molar-refractivity contribution in [2.45, 2.75) is 30.7 Å². The van der Waals surface area contributed by atoms with Gasteiger partial charge in [-0.15, -0.1) is 10.2 Å². The Morgan fingerprint density at radius 3 is 2.52 bits per heavy atom. The van der Waals surface area contributed by atoms with Gasteiger partial charge in [-0.2, -0.15) is 0 Å². The van der Waals surface area contributed by atoms with Gasteiger partial charge in [0, 0.05) is 0 Å². The number of methoxy groups -OCH3 is 1. The predicted molar refractivity (Wildman–Crippen MR) is 92.3 cm³/mol. The van der Waals surface area contributed by atoms with Crippen LogP contribution in [0.15, 0.2) is 33.9 Å². The van der Waals surface area contributed by atoms with E-state index in [9.17, 15) is 9.59 Å². The zero-order valence-electron chi connectivity index (χ0n) is 14.2. The van der Waals surface area contributed by atoms with Crippen LogP contribution >= 0.6 is 11.8 Å². The largest absolute Gasteiger partial charge is 0.497 e. The van der Waals surface area contributed by atoms with E-state index in [0.29, 0.717) is 12.3 Å². The van der Waals surface area contributed by atoms with E-state index in [1.54, 1.807) is 7.11 Å². The SMILES string of the molecule is COc1ccc(Cc2nnc(S[C@@H](C(=O)NC(N)=O)C(C)C)o2)cc1. The summed E-state index contributed by atoms with van der Waals surface area (Å²) in [7, 11) is 1.61. The van der Waals surface area contributed by atoms with Crippen molar-refractivity contribution in [3.05, 3.63) is 35.7 Å². The number of benzene rings is 1. The number of nitrogens with one attached hydrogen (secondary N) is 1. The molecule has 2 rings (SSSR count). The van der Waals surface area contributed by atoms with E-state index < -0.39 is 17.2 Å². The number of hydrogen-bond acceptors (Lipinski definition) is 7. The predicted octanol–water partition coefficient (Wildman–Crippen LogP) is 1.98. The van der Waals surface area contributed by atoms with Gasteiger partial charge in [0.2, 0.25) is 11.8 Å². The van der Waals surface area contributed by atoms with Crippen molar-refractivity contribution in [1.29, 1.82) is 0 Å². The summed E-state index contributed by atoms with van der Waals surface area (Å²) in [6, 6.07) is 6.64. The van der Waals surface area contributed by atoms with E-state index in [1.807, 2.05) is 38.1 Å². The van der Waals surface area contributed by atoms with Crippen LogP contribution in [0.4, 0.5) is 4.79 Å². The van der Waals surface area contributed by atoms with Gasteiger partial charge in [0.1, 0.15) is 5.75 Å². The summed E-state index contributed by atoms with van der Waals surface area (Å²) in [6.45, 7) is 3.71. The Hall–Kier alpha value is -2.55. The summed E-state index contributed by atoms with van der Waals surface area (Å²) in [5.74, 6) is 0.667. The molecular formula is C16H20N4O4S. The Bertz CT molecular complexity index is 730. The average Bonchev–Trinajstić information content (AvgIpc) is 2.99. The van der Waals surface area contributed by atoms with Crippen LogP contribution in [-0.2, 0) is 11.2 Å². The lowest BCUT2D eigenvalue weighted by Crippen LogP contribution is -2.42. The van der Waals surface area contributed by atoms with Gasteiger partial charge in [-0.1, -0.05) is 37.7 Å². The first kappa shape index (κ1) is 18.8. The minimum Gasteiger partial charge on any atom is -0.497 e. The first-order valence-corrected chi connectivity index (χ1v) is 8.49. The number of rotatable bonds is 7. The first-order valence-electron chi connectivity index (χ1n) is 7.61. The molecule has 0 unspecified atom stereocenters. The van der Waals surface area contributed by atoms with Gasteiger partial charge in [0.05, 0.1) is 18.8 Å². The fourth-order valence-corrected chi connectivity index (χ4v) is 2.96. The zero-order valence-corrected chi connectivity index (χ0v) is 15.0. The summed E-state index contributed by atoms with van der Waals surface area (Å²) in [4.78, 5) is 22.9. The number of ether oxygens (including phenoxy) is 1. The standard InChI is InChI=1S/C16H20N4O4S/c1-9(2)13(14(21)18-15(17)22)25-16-20-19-12(24-16)8-10-4-6-11(23-3)7-5-10/h4-7,9,13H,8H2,1-3H3,(H3,17,18,21,22)/t13-/m1/s1. The van der Waals surface area contributed by atoms with Crippen LogP contribution in [0.2, 0.25) is 0 Å². The van der Waals surface area contributed by atoms with Crippen LogP contribution in [-0.4, -0.2) is 34.5 Å². The Morgan fingerprint density at radius 1 is 1.28 bits per heavy atom. The van der Waals surface area contributed by atoms with Crippen LogP contribution in [0.1, 0.15) is 25.3 Å². The number of imide groups is 1. The van der Waals surface area contributed by atoms with Crippen molar-refractivity contribution >= 4 is 23.7 Å². The summed E-state index contributed by atoms with van der Waals surface area (Å²) < 4.78 is 10.7. The maximum Gasteiger partial charge on any atom is 0.318 e. The van der Waals surface area contributed by atoms with E-state index in [0.717, 1.165) is 23.1 Å². The summed E-state index contributed by atoms with van der Waals surface area (Å²) in [5, 5.41) is 9.73. The lowest BCUT2D eigenvalue weighted by molar-refractivity contribution is -0.120. The van der Waals surface area contributed by atoms with Crippen molar-refractivity contribution < 1.29 is 18.7 Å². The molecule has 0 aliphatic carbocycles. The van der Waals surface area contributed by atoms with Gasteiger partial charge in [-0.05, 0) is 23.6 Å². The topological polar surface area (TPSA) is 120 Å². The molecule has 0 radical (unpaired) electrons. The number of hydrogen-bond donors (Lipinski definition) is 2. The highest BCUT2D eigenvalue weighted by Gasteiger charge is 2.27. The third kappa shape index (κ3) is 5.49. The van der Waals surface area contributed by atoms with Gasteiger partial charge < -0.3 is 14.9 Å². The molecular weight excluding hydrogens is 344 g/mol. The number of aromatic nitrogens is 2. The molecule has 1 aromatic carbocycles. The van der Waals surface area contributed by atoms with Crippen molar-refractivity contribution in [2.24, 2.45) is 11.7 Å². The Morgan fingerprint density at radius 2 is 1.96 bits per heavy atom. The van der Waals surface area contributed by atoms with E-state index >= 15 is 0 Å². The Labute approximate surface area is 149 Å². The molecule has 134 valence electrons. The van der Waals surface area contributed by atoms with Crippen LogP contribution in [0.3, 0.4) is 0 Å². The monoisotopic (exact) mass is 364 g/mol. The molecule has 0 aliphatic rings. The summed E-state index contributed by atoms with van der Waals surface area (Å²) in [6.07, 6.45) is 0.470. The third-order valence-electron chi connectivity index (χ3n) is 3.30. The van der Waals surface area contributed by atoms with Crippen molar-refractivity contribution in [3.8, 4) is 5.75 Å².